The molecule has 0 bridgehead atoms. The molecule has 1 saturated heterocycles. The van der Waals surface area contributed by atoms with Gasteiger partial charge in [-0.3, -0.25) is 4.79 Å². The molecule has 2 amide bonds. The molecule has 2 aromatic rings. The first-order chi connectivity index (χ1) is 12.9. The Balaban J connectivity index is 1.82. The molecule has 2 heterocycles. The van der Waals surface area contributed by atoms with E-state index < -0.39 is 0 Å². The zero-order valence-corrected chi connectivity index (χ0v) is 16.6. The molecule has 0 unspecified atom stereocenters. The highest BCUT2D eigenvalue weighted by molar-refractivity contribution is 6.30. The minimum atomic E-state index is -0.342. The number of rotatable bonds is 2. The van der Waals surface area contributed by atoms with E-state index in [0.29, 0.717) is 36.8 Å². The Morgan fingerprint density at radius 1 is 1.00 bits per heavy atom. The number of carbonyl (C=O) groups is 2. The molecule has 1 aliphatic rings. The van der Waals surface area contributed by atoms with Crippen LogP contribution in [0, 0.1) is 13.8 Å². The molecule has 1 aromatic heterocycles. The first-order valence-corrected chi connectivity index (χ1v) is 9.37. The molecule has 1 aliphatic heterocycles. The first-order valence-electron chi connectivity index (χ1n) is 8.99. The quantitative estimate of drug-likeness (QED) is 0.787. The Kier molecular flexibility index (Phi) is 5.75. The van der Waals surface area contributed by atoms with Gasteiger partial charge in [0, 0.05) is 48.3 Å². The number of amides is 2. The predicted molar refractivity (Wildman–Crippen MR) is 105 cm³/mol. The number of hydrogen-bond acceptors (Lipinski definition) is 3. The fourth-order valence-corrected chi connectivity index (χ4v) is 3.70. The Morgan fingerprint density at radius 2 is 1.63 bits per heavy atom. The van der Waals surface area contributed by atoms with Gasteiger partial charge >= 0.3 is 6.09 Å². The second-order valence-corrected chi connectivity index (χ2v) is 7.14. The summed E-state index contributed by atoms with van der Waals surface area (Å²) in [6.45, 7) is 6.14. The maximum Gasteiger partial charge on any atom is 0.409 e. The van der Waals surface area contributed by atoms with Gasteiger partial charge in [0.1, 0.15) is 0 Å². The standard InChI is InChI=1S/C20H24ClN3O3/c1-14-13-18(15(2)24(14)17-7-5-16(21)6-8-17)19(25)22-9-4-10-23(12-11-22)20(26)27-3/h5-8,13H,4,9-12H2,1-3H3. The van der Waals surface area contributed by atoms with Gasteiger partial charge in [-0.1, -0.05) is 11.6 Å². The Morgan fingerprint density at radius 3 is 2.30 bits per heavy atom. The maximum absolute atomic E-state index is 13.1. The molecule has 0 radical (unpaired) electrons. The predicted octanol–water partition coefficient (Wildman–Crippen LogP) is 3.66. The molecule has 3 rings (SSSR count). The number of benzene rings is 1. The Bertz CT molecular complexity index is 845. The van der Waals surface area contributed by atoms with Gasteiger partial charge in [-0.05, 0) is 50.6 Å². The van der Waals surface area contributed by atoms with Crippen LogP contribution in [0.4, 0.5) is 4.79 Å². The van der Waals surface area contributed by atoms with Crippen LogP contribution in [-0.4, -0.2) is 59.7 Å². The number of methoxy groups -OCH3 is 1. The van der Waals surface area contributed by atoms with E-state index in [2.05, 4.69) is 4.57 Å². The maximum atomic E-state index is 13.1. The van der Waals surface area contributed by atoms with Gasteiger partial charge in [0.25, 0.3) is 5.91 Å². The third kappa shape index (κ3) is 3.95. The van der Waals surface area contributed by atoms with E-state index in [-0.39, 0.29) is 12.0 Å². The summed E-state index contributed by atoms with van der Waals surface area (Å²) in [6, 6.07) is 9.49. The highest BCUT2D eigenvalue weighted by Gasteiger charge is 2.25. The van der Waals surface area contributed by atoms with Crippen molar-refractivity contribution >= 4 is 23.6 Å². The molecule has 144 valence electrons. The van der Waals surface area contributed by atoms with Crippen molar-refractivity contribution in [2.45, 2.75) is 20.3 Å². The van der Waals surface area contributed by atoms with Crippen LogP contribution in [0.3, 0.4) is 0 Å². The van der Waals surface area contributed by atoms with E-state index in [1.165, 1.54) is 7.11 Å². The third-order valence-corrected chi connectivity index (χ3v) is 5.21. The molecule has 0 aliphatic carbocycles. The summed E-state index contributed by atoms with van der Waals surface area (Å²) < 4.78 is 6.85. The van der Waals surface area contributed by atoms with Crippen molar-refractivity contribution in [3.05, 3.63) is 52.3 Å². The molecule has 0 spiro atoms. The van der Waals surface area contributed by atoms with Gasteiger partial charge < -0.3 is 19.1 Å². The second-order valence-electron chi connectivity index (χ2n) is 6.70. The van der Waals surface area contributed by atoms with Crippen molar-refractivity contribution in [2.24, 2.45) is 0 Å². The number of ether oxygens (including phenoxy) is 1. The number of aryl methyl sites for hydroxylation is 1. The van der Waals surface area contributed by atoms with E-state index in [1.807, 2.05) is 49.1 Å². The molecule has 27 heavy (non-hydrogen) atoms. The topological polar surface area (TPSA) is 54.8 Å². The van der Waals surface area contributed by atoms with Crippen LogP contribution in [0.1, 0.15) is 28.2 Å². The summed E-state index contributed by atoms with van der Waals surface area (Å²) in [5.74, 6) is -0.00460. The summed E-state index contributed by atoms with van der Waals surface area (Å²) >= 11 is 5.99. The second kappa shape index (κ2) is 8.05. The minimum absolute atomic E-state index is 0.00460. The van der Waals surface area contributed by atoms with Gasteiger partial charge in [-0.25, -0.2) is 4.79 Å². The molecule has 0 atom stereocenters. The van der Waals surface area contributed by atoms with Crippen LogP contribution in [0.15, 0.2) is 30.3 Å². The van der Waals surface area contributed by atoms with E-state index in [1.54, 1.807) is 4.90 Å². The number of carbonyl (C=O) groups excluding carboxylic acids is 2. The van der Waals surface area contributed by atoms with Crippen molar-refractivity contribution in [1.29, 1.82) is 0 Å². The molecule has 6 nitrogen and oxygen atoms in total. The van der Waals surface area contributed by atoms with E-state index in [9.17, 15) is 9.59 Å². The molecule has 1 aromatic carbocycles. The lowest BCUT2D eigenvalue weighted by Crippen LogP contribution is -2.37. The van der Waals surface area contributed by atoms with E-state index in [0.717, 1.165) is 23.5 Å². The zero-order valence-electron chi connectivity index (χ0n) is 15.9. The third-order valence-electron chi connectivity index (χ3n) is 4.96. The summed E-state index contributed by atoms with van der Waals surface area (Å²) in [5, 5.41) is 0.678. The van der Waals surface area contributed by atoms with Crippen LogP contribution >= 0.6 is 11.6 Å². The van der Waals surface area contributed by atoms with Crippen molar-refractivity contribution in [1.82, 2.24) is 14.4 Å². The monoisotopic (exact) mass is 389 g/mol. The van der Waals surface area contributed by atoms with Crippen molar-refractivity contribution in [3.63, 3.8) is 0 Å². The average Bonchev–Trinajstić information content (AvgIpc) is 2.84. The molecule has 0 N–H and O–H groups in total. The van der Waals surface area contributed by atoms with Gasteiger partial charge in [0.05, 0.1) is 12.7 Å². The van der Waals surface area contributed by atoms with Crippen LogP contribution in [-0.2, 0) is 4.74 Å². The van der Waals surface area contributed by atoms with Gasteiger partial charge in [-0.2, -0.15) is 0 Å². The lowest BCUT2D eigenvalue weighted by Gasteiger charge is -2.21. The fraction of sp³-hybridized carbons (Fsp3) is 0.400. The number of halogens is 1. The van der Waals surface area contributed by atoms with Gasteiger partial charge in [-0.15, -0.1) is 0 Å². The highest BCUT2D eigenvalue weighted by Crippen LogP contribution is 2.23. The summed E-state index contributed by atoms with van der Waals surface area (Å²) in [4.78, 5) is 28.3. The highest BCUT2D eigenvalue weighted by atomic mass is 35.5. The molecule has 0 saturated carbocycles. The van der Waals surface area contributed by atoms with E-state index in [4.69, 9.17) is 16.3 Å². The smallest absolute Gasteiger partial charge is 0.409 e. The zero-order chi connectivity index (χ0) is 19.6. The van der Waals surface area contributed by atoms with E-state index >= 15 is 0 Å². The summed E-state index contributed by atoms with van der Waals surface area (Å²) in [5.41, 5.74) is 3.55. The number of hydrogen-bond donors (Lipinski definition) is 0. The van der Waals surface area contributed by atoms with Crippen molar-refractivity contribution in [3.8, 4) is 5.69 Å². The summed E-state index contributed by atoms with van der Waals surface area (Å²) in [6.07, 6.45) is 0.391. The first kappa shape index (κ1) is 19.3. The van der Waals surface area contributed by atoms with Crippen LogP contribution in [0.5, 0.6) is 0 Å². The SMILES string of the molecule is COC(=O)N1CCCN(C(=O)c2cc(C)n(-c3ccc(Cl)cc3)c2C)CC1. The fourth-order valence-electron chi connectivity index (χ4n) is 3.57. The van der Waals surface area contributed by atoms with Gasteiger partial charge in [0.2, 0.25) is 0 Å². The number of nitrogens with zero attached hydrogens (tertiary/aromatic N) is 3. The molecular formula is C20H24ClN3O3. The minimum Gasteiger partial charge on any atom is -0.453 e. The van der Waals surface area contributed by atoms with Crippen LogP contribution < -0.4 is 0 Å². The van der Waals surface area contributed by atoms with Gasteiger partial charge in [0.15, 0.2) is 0 Å². The molecule has 1 fully saturated rings. The Labute approximate surface area is 164 Å². The van der Waals surface area contributed by atoms with Crippen LogP contribution in [0.2, 0.25) is 5.02 Å². The van der Waals surface area contributed by atoms with Crippen molar-refractivity contribution < 1.29 is 14.3 Å². The van der Waals surface area contributed by atoms with Crippen molar-refractivity contribution in [2.75, 3.05) is 33.3 Å². The normalized spacial score (nSPS) is 14.8. The molecular weight excluding hydrogens is 366 g/mol. The Hall–Kier alpha value is -2.47. The largest absolute Gasteiger partial charge is 0.453 e. The number of aromatic nitrogens is 1. The van der Waals surface area contributed by atoms with Crippen LogP contribution in [0.25, 0.3) is 5.69 Å². The lowest BCUT2D eigenvalue weighted by molar-refractivity contribution is 0.0756. The lowest BCUT2D eigenvalue weighted by atomic mass is 10.2. The molecule has 7 heteroatoms. The average molecular weight is 390 g/mol. The summed E-state index contributed by atoms with van der Waals surface area (Å²) in [7, 11) is 1.38.